The van der Waals surface area contributed by atoms with Crippen LogP contribution in [-0.2, 0) is 16.1 Å². The fraction of sp³-hybridized carbons (Fsp3) is 0.310. The SMILES string of the molecule is COCCNc1ccn2c(-c3ccc(Nc4ccc(N5CCC(O)CC5)cn4)c4c3CNC4=O)cnc2c1.O=CO. The summed E-state index contributed by atoms with van der Waals surface area (Å²) in [4.78, 5) is 32.7. The molecule has 2 aliphatic heterocycles. The van der Waals surface area contributed by atoms with E-state index in [2.05, 4.69) is 30.8 Å². The predicted octanol–water partition coefficient (Wildman–Crippen LogP) is 3.10. The number of nitrogens with zero attached hydrogens (tertiary/aromatic N) is 4. The van der Waals surface area contributed by atoms with Gasteiger partial charge in [0.15, 0.2) is 0 Å². The maximum Gasteiger partial charge on any atom is 0.290 e. The highest BCUT2D eigenvalue weighted by Crippen LogP contribution is 2.35. The largest absolute Gasteiger partial charge is 0.483 e. The van der Waals surface area contributed by atoms with E-state index in [4.69, 9.17) is 14.6 Å². The lowest BCUT2D eigenvalue weighted by Crippen LogP contribution is -2.35. The number of imidazole rings is 1. The highest BCUT2D eigenvalue weighted by Gasteiger charge is 2.27. The Morgan fingerprint density at radius 1 is 1.15 bits per heavy atom. The van der Waals surface area contributed by atoms with Crippen molar-refractivity contribution in [2.45, 2.75) is 25.5 Å². The Morgan fingerprint density at radius 3 is 2.68 bits per heavy atom. The summed E-state index contributed by atoms with van der Waals surface area (Å²) in [7, 11) is 1.68. The molecule has 41 heavy (non-hydrogen) atoms. The molecule has 1 saturated heterocycles. The number of methoxy groups -OCH3 is 1. The summed E-state index contributed by atoms with van der Waals surface area (Å²) in [6, 6.07) is 11.9. The van der Waals surface area contributed by atoms with Crippen LogP contribution in [0.5, 0.6) is 0 Å². The van der Waals surface area contributed by atoms with Crippen molar-refractivity contribution in [1.82, 2.24) is 19.7 Å². The van der Waals surface area contributed by atoms with E-state index in [-0.39, 0.29) is 18.5 Å². The number of nitrogens with one attached hydrogen (secondary N) is 3. The number of aromatic nitrogens is 3. The third kappa shape index (κ3) is 6.08. The standard InChI is InChI=1S/C28H31N7O3.CH2O2/c1-38-13-9-29-18-6-12-35-24(17-31-26(35)14-18)21-3-4-23(27-22(21)16-32-28(27)37)33-25-5-2-19(15-30-25)34-10-7-20(36)8-11-34;2-1-3/h2-6,12,14-15,17,20,29,36H,7-11,13,16H2,1H3,(H,30,33)(H,32,37);1H,(H,2,3). The van der Waals surface area contributed by atoms with Crippen LogP contribution in [0, 0.1) is 0 Å². The Hall–Kier alpha value is -4.68. The van der Waals surface area contributed by atoms with E-state index in [1.165, 1.54) is 0 Å². The van der Waals surface area contributed by atoms with Gasteiger partial charge in [-0.15, -0.1) is 0 Å². The van der Waals surface area contributed by atoms with E-state index in [1.54, 1.807) is 7.11 Å². The molecule has 0 aliphatic carbocycles. The van der Waals surface area contributed by atoms with Crippen molar-refractivity contribution < 1.29 is 24.5 Å². The summed E-state index contributed by atoms with van der Waals surface area (Å²) in [5.41, 5.74) is 7.01. The molecule has 5 N–H and O–H groups in total. The number of pyridine rings is 2. The van der Waals surface area contributed by atoms with Crippen molar-refractivity contribution in [3.8, 4) is 11.3 Å². The van der Waals surface area contributed by atoms with Gasteiger partial charge in [-0.05, 0) is 42.7 Å². The van der Waals surface area contributed by atoms with Gasteiger partial charge in [-0.2, -0.15) is 0 Å². The zero-order valence-electron chi connectivity index (χ0n) is 22.7. The van der Waals surface area contributed by atoms with Gasteiger partial charge >= 0.3 is 0 Å². The average molecular weight is 560 g/mol. The van der Waals surface area contributed by atoms with Gasteiger partial charge in [0.1, 0.15) is 11.5 Å². The van der Waals surface area contributed by atoms with Crippen molar-refractivity contribution in [3.05, 3.63) is 66.1 Å². The molecular weight excluding hydrogens is 526 g/mol. The Kier molecular flexibility index (Phi) is 8.61. The number of piperidine rings is 1. The molecule has 1 aromatic carbocycles. The van der Waals surface area contributed by atoms with Crippen LogP contribution in [0.15, 0.2) is 55.0 Å². The van der Waals surface area contributed by atoms with Crippen molar-refractivity contribution >= 4 is 40.9 Å². The van der Waals surface area contributed by atoms with Gasteiger partial charge in [0.05, 0.1) is 47.7 Å². The molecule has 0 saturated carbocycles. The van der Waals surface area contributed by atoms with Gasteiger partial charge < -0.3 is 35.8 Å². The van der Waals surface area contributed by atoms with E-state index < -0.39 is 0 Å². The van der Waals surface area contributed by atoms with Crippen LogP contribution in [0.2, 0.25) is 0 Å². The van der Waals surface area contributed by atoms with Crippen molar-refractivity contribution in [2.75, 3.05) is 48.9 Å². The molecule has 0 unspecified atom stereocenters. The number of anilines is 4. The minimum atomic E-state index is -0.250. The second-order valence-corrected chi connectivity index (χ2v) is 9.75. The highest BCUT2D eigenvalue weighted by atomic mass is 16.5. The summed E-state index contributed by atoms with van der Waals surface area (Å²) in [6.07, 6.45) is 7.01. The van der Waals surface area contributed by atoms with Crippen molar-refractivity contribution in [2.24, 2.45) is 0 Å². The second-order valence-electron chi connectivity index (χ2n) is 9.75. The number of aliphatic hydroxyl groups is 1. The predicted molar refractivity (Wildman–Crippen MR) is 156 cm³/mol. The zero-order chi connectivity index (χ0) is 28.8. The first-order valence-electron chi connectivity index (χ1n) is 13.4. The fourth-order valence-corrected chi connectivity index (χ4v) is 5.19. The number of ether oxygens (including phenoxy) is 1. The number of fused-ring (bicyclic) bond motifs is 2. The number of benzene rings is 1. The van der Waals surface area contributed by atoms with Gasteiger partial charge in [0, 0.05) is 56.8 Å². The first-order valence-corrected chi connectivity index (χ1v) is 13.4. The minimum Gasteiger partial charge on any atom is -0.483 e. The highest BCUT2D eigenvalue weighted by molar-refractivity contribution is 6.06. The van der Waals surface area contributed by atoms with Crippen LogP contribution >= 0.6 is 0 Å². The molecule has 5 heterocycles. The summed E-state index contributed by atoms with van der Waals surface area (Å²) in [5, 5.41) is 26.3. The Morgan fingerprint density at radius 2 is 1.95 bits per heavy atom. The Bertz CT molecular complexity index is 1510. The quantitative estimate of drug-likeness (QED) is 0.161. The Labute approximate surface area is 237 Å². The van der Waals surface area contributed by atoms with E-state index in [1.807, 2.05) is 59.4 Å². The molecular formula is C29H33N7O5. The summed E-state index contributed by atoms with van der Waals surface area (Å²) in [5.74, 6) is 0.565. The van der Waals surface area contributed by atoms with Crippen LogP contribution in [0.25, 0.3) is 16.9 Å². The number of amides is 1. The molecule has 214 valence electrons. The van der Waals surface area contributed by atoms with E-state index in [0.29, 0.717) is 24.5 Å². The van der Waals surface area contributed by atoms with Crippen LogP contribution in [0.4, 0.5) is 22.9 Å². The monoisotopic (exact) mass is 559 g/mol. The first kappa shape index (κ1) is 27.9. The van der Waals surface area contributed by atoms with Gasteiger partial charge in [0.2, 0.25) is 0 Å². The number of rotatable bonds is 8. The van der Waals surface area contributed by atoms with Crippen molar-refractivity contribution in [3.63, 3.8) is 0 Å². The minimum absolute atomic E-state index is 0.105. The molecule has 1 amide bonds. The molecule has 12 heteroatoms. The van der Waals surface area contributed by atoms with E-state index in [9.17, 15) is 9.90 Å². The third-order valence-electron chi connectivity index (χ3n) is 7.23. The van der Waals surface area contributed by atoms with Crippen molar-refractivity contribution in [1.29, 1.82) is 0 Å². The molecule has 0 bridgehead atoms. The second kappa shape index (κ2) is 12.7. The summed E-state index contributed by atoms with van der Waals surface area (Å²) >= 11 is 0. The first-order chi connectivity index (χ1) is 20.0. The lowest BCUT2D eigenvalue weighted by molar-refractivity contribution is -0.122. The van der Waals surface area contributed by atoms with Gasteiger partial charge in [0.25, 0.3) is 12.4 Å². The van der Waals surface area contributed by atoms with Crippen LogP contribution in [0.1, 0.15) is 28.8 Å². The zero-order valence-corrected chi connectivity index (χ0v) is 22.7. The van der Waals surface area contributed by atoms with Gasteiger partial charge in [-0.3, -0.25) is 14.0 Å². The molecule has 4 aromatic rings. The molecule has 0 spiro atoms. The maximum atomic E-state index is 12.9. The summed E-state index contributed by atoms with van der Waals surface area (Å²) < 4.78 is 7.14. The fourth-order valence-electron chi connectivity index (χ4n) is 5.19. The molecule has 0 atom stereocenters. The number of hydrogen-bond donors (Lipinski definition) is 5. The van der Waals surface area contributed by atoms with Crippen LogP contribution in [0.3, 0.4) is 0 Å². The average Bonchev–Trinajstić information content (AvgIpc) is 3.59. The third-order valence-corrected chi connectivity index (χ3v) is 7.23. The molecule has 0 radical (unpaired) electrons. The maximum absolute atomic E-state index is 12.9. The molecule has 3 aromatic heterocycles. The van der Waals surface area contributed by atoms with Crippen LogP contribution < -0.4 is 20.9 Å². The number of carboxylic acid groups (broad SMARTS) is 1. The lowest BCUT2D eigenvalue weighted by atomic mass is 9.99. The van der Waals surface area contributed by atoms with Crippen LogP contribution in [-0.4, -0.2) is 76.4 Å². The molecule has 2 aliphatic rings. The van der Waals surface area contributed by atoms with E-state index in [0.717, 1.165) is 72.0 Å². The van der Waals surface area contributed by atoms with Gasteiger partial charge in [-0.1, -0.05) is 6.07 Å². The Balaban J connectivity index is 0.00000108. The van der Waals surface area contributed by atoms with Gasteiger partial charge in [-0.25, -0.2) is 9.97 Å². The summed E-state index contributed by atoms with van der Waals surface area (Å²) in [6.45, 7) is 3.19. The molecule has 1 fully saturated rings. The topological polar surface area (TPSA) is 153 Å². The molecule has 12 nitrogen and oxygen atoms in total. The number of aliphatic hydroxyl groups excluding tert-OH is 1. The molecule has 6 rings (SSSR count). The number of carbonyl (C=O) groups excluding carboxylic acids is 1. The van der Waals surface area contributed by atoms with E-state index >= 15 is 0 Å². The lowest BCUT2D eigenvalue weighted by Gasteiger charge is -2.31. The smallest absolute Gasteiger partial charge is 0.290 e. The normalized spacial score (nSPS) is 14.7. The number of carbonyl (C=O) groups is 2. The number of hydrogen-bond acceptors (Lipinski definition) is 9.